The number of ether oxygens (including phenoxy) is 1. The molecule has 2 aromatic rings. The third-order valence-corrected chi connectivity index (χ3v) is 3.79. The van der Waals surface area contributed by atoms with Crippen LogP contribution in [0.5, 0.6) is 0 Å². The van der Waals surface area contributed by atoms with Gasteiger partial charge in [0.15, 0.2) is 11.8 Å². The highest BCUT2D eigenvalue weighted by Crippen LogP contribution is 2.20. The lowest BCUT2D eigenvalue weighted by atomic mass is 10.1. The molecule has 0 fully saturated rings. The van der Waals surface area contributed by atoms with E-state index in [1.807, 2.05) is 45.9 Å². The highest BCUT2D eigenvalue weighted by atomic mass is 16.5. The van der Waals surface area contributed by atoms with Gasteiger partial charge in [0.2, 0.25) is 0 Å². The van der Waals surface area contributed by atoms with Gasteiger partial charge >= 0.3 is 5.97 Å². The Hall–Kier alpha value is -2.63. The summed E-state index contributed by atoms with van der Waals surface area (Å²) in [5, 5.41) is 2.82. The molecular formula is C18H23N3O3. The fraction of sp³-hybridized carbons (Fsp3) is 0.389. The van der Waals surface area contributed by atoms with E-state index in [-0.39, 0.29) is 17.6 Å². The molecule has 128 valence electrons. The molecule has 6 heteroatoms. The van der Waals surface area contributed by atoms with Gasteiger partial charge in [0, 0.05) is 17.9 Å². The fourth-order valence-electron chi connectivity index (χ4n) is 2.24. The Balaban J connectivity index is 2.01. The van der Waals surface area contributed by atoms with Gasteiger partial charge in [-0.3, -0.25) is 4.79 Å². The lowest BCUT2D eigenvalue weighted by molar-refractivity contribution is -0.123. The van der Waals surface area contributed by atoms with E-state index in [2.05, 4.69) is 10.3 Å². The molecule has 1 heterocycles. The summed E-state index contributed by atoms with van der Waals surface area (Å²) < 4.78 is 7.02. The first-order valence-electron chi connectivity index (χ1n) is 7.91. The molecule has 1 aromatic carbocycles. The maximum atomic E-state index is 12.3. The van der Waals surface area contributed by atoms with Crippen molar-refractivity contribution in [2.75, 3.05) is 5.32 Å². The summed E-state index contributed by atoms with van der Waals surface area (Å²) in [7, 11) is 0. The van der Waals surface area contributed by atoms with Gasteiger partial charge in [0.05, 0.1) is 6.33 Å². The molecule has 1 atom stereocenters. The minimum Gasteiger partial charge on any atom is -0.448 e. The van der Waals surface area contributed by atoms with Crippen molar-refractivity contribution in [2.24, 2.45) is 0 Å². The average molecular weight is 329 g/mol. The van der Waals surface area contributed by atoms with Gasteiger partial charge in [-0.15, -0.1) is 0 Å². The molecule has 0 aliphatic carbocycles. The normalized spacial score (nSPS) is 12.1. The number of nitrogens with zero attached hydrogens (tertiary/aromatic N) is 2. The van der Waals surface area contributed by atoms with Crippen molar-refractivity contribution in [3.63, 3.8) is 0 Å². The molecule has 24 heavy (non-hydrogen) atoms. The van der Waals surface area contributed by atoms with Crippen LogP contribution in [0.2, 0.25) is 0 Å². The van der Waals surface area contributed by atoms with Gasteiger partial charge in [-0.25, -0.2) is 9.78 Å². The zero-order valence-electron chi connectivity index (χ0n) is 14.7. The molecule has 1 aromatic heterocycles. The number of para-hydroxylation sites is 1. The number of rotatable bonds is 5. The Morgan fingerprint density at radius 2 is 1.79 bits per heavy atom. The van der Waals surface area contributed by atoms with Crippen molar-refractivity contribution in [3.8, 4) is 0 Å². The highest BCUT2D eigenvalue weighted by molar-refractivity contribution is 5.97. The molecule has 0 saturated carbocycles. The summed E-state index contributed by atoms with van der Waals surface area (Å²) in [6.45, 7) is 9.34. The van der Waals surface area contributed by atoms with Crippen LogP contribution in [0, 0.1) is 13.8 Å². The van der Waals surface area contributed by atoms with E-state index in [1.165, 1.54) is 0 Å². The molecule has 1 N–H and O–H groups in total. The van der Waals surface area contributed by atoms with Crippen LogP contribution in [-0.4, -0.2) is 27.5 Å². The number of carbonyl (C=O) groups excluding carboxylic acids is 2. The van der Waals surface area contributed by atoms with Crippen LogP contribution >= 0.6 is 0 Å². The number of hydrogen-bond acceptors (Lipinski definition) is 4. The van der Waals surface area contributed by atoms with Crippen molar-refractivity contribution in [1.82, 2.24) is 9.55 Å². The standard InChI is InChI=1S/C18H23N3O3/c1-11(2)21-9-15(19-10-21)18(23)24-14(5)17(22)20-16-12(3)7-6-8-13(16)4/h6-11,14H,1-5H3,(H,20,22)/t14-/m0/s1. The molecule has 0 radical (unpaired) electrons. The second-order valence-electron chi connectivity index (χ2n) is 6.10. The van der Waals surface area contributed by atoms with Gasteiger partial charge in [-0.2, -0.15) is 0 Å². The summed E-state index contributed by atoms with van der Waals surface area (Å²) in [5.74, 6) is -0.984. The number of anilines is 1. The predicted molar refractivity (Wildman–Crippen MR) is 92.0 cm³/mol. The first-order chi connectivity index (χ1) is 11.3. The highest BCUT2D eigenvalue weighted by Gasteiger charge is 2.21. The molecule has 0 unspecified atom stereocenters. The van der Waals surface area contributed by atoms with Crippen molar-refractivity contribution in [2.45, 2.75) is 46.8 Å². The van der Waals surface area contributed by atoms with Crippen LogP contribution in [0.15, 0.2) is 30.7 Å². The van der Waals surface area contributed by atoms with E-state index in [0.29, 0.717) is 0 Å². The number of esters is 1. The third-order valence-electron chi connectivity index (χ3n) is 3.79. The molecule has 0 aliphatic rings. The first kappa shape index (κ1) is 17.7. The topological polar surface area (TPSA) is 73.2 Å². The Kier molecular flexibility index (Phi) is 5.39. The molecule has 0 spiro atoms. The summed E-state index contributed by atoms with van der Waals surface area (Å²) >= 11 is 0. The van der Waals surface area contributed by atoms with E-state index < -0.39 is 12.1 Å². The zero-order valence-corrected chi connectivity index (χ0v) is 14.7. The van der Waals surface area contributed by atoms with Crippen molar-refractivity contribution in [1.29, 1.82) is 0 Å². The largest absolute Gasteiger partial charge is 0.448 e. The smallest absolute Gasteiger partial charge is 0.359 e. The molecule has 2 rings (SSSR count). The SMILES string of the molecule is Cc1cccc(C)c1NC(=O)[C@H](C)OC(=O)c1cn(C(C)C)cn1. The first-order valence-corrected chi connectivity index (χ1v) is 7.91. The van der Waals surface area contributed by atoms with Crippen molar-refractivity contribution >= 4 is 17.6 Å². The molecule has 6 nitrogen and oxygen atoms in total. The molecule has 0 aliphatic heterocycles. The maximum absolute atomic E-state index is 12.3. The van der Waals surface area contributed by atoms with E-state index in [9.17, 15) is 9.59 Å². The minimum atomic E-state index is -0.916. The Morgan fingerprint density at radius 1 is 1.17 bits per heavy atom. The van der Waals surface area contributed by atoms with Gasteiger partial charge in [-0.1, -0.05) is 18.2 Å². The van der Waals surface area contributed by atoms with Crippen molar-refractivity contribution < 1.29 is 14.3 Å². The Labute approximate surface area is 141 Å². The Morgan fingerprint density at radius 3 is 2.33 bits per heavy atom. The van der Waals surface area contributed by atoms with E-state index in [0.717, 1.165) is 16.8 Å². The Bertz CT molecular complexity index is 729. The van der Waals surface area contributed by atoms with Crippen LogP contribution in [0.3, 0.4) is 0 Å². The van der Waals surface area contributed by atoms with E-state index >= 15 is 0 Å². The van der Waals surface area contributed by atoms with Gasteiger partial charge in [0.25, 0.3) is 5.91 Å². The van der Waals surface area contributed by atoms with Crippen LogP contribution in [-0.2, 0) is 9.53 Å². The number of amides is 1. The van der Waals surface area contributed by atoms with Crippen LogP contribution < -0.4 is 5.32 Å². The van der Waals surface area contributed by atoms with Crippen molar-refractivity contribution in [3.05, 3.63) is 47.5 Å². The molecule has 0 bridgehead atoms. The quantitative estimate of drug-likeness (QED) is 0.855. The monoisotopic (exact) mass is 329 g/mol. The van der Waals surface area contributed by atoms with Gasteiger partial charge < -0.3 is 14.6 Å². The van der Waals surface area contributed by atoms with Crippen LogP contribution in [0.1, 0.15) is 48.4 Å². The van der Waals surface area contributed by atoms with Gasteiger partial charge in [-0.05, 0) is 45.7 Å². The number of aromatic nitrogens is 2. The number of benzene rings is 1. The number of carbonyl (C=O) groups is 2. The number of imidazole rings is 1. The van der Waals surface area contributed by atoms with Crippen LogP contribution in [0.4, 0.5) is 5.69 Å². The fourth-order valence-corrected chi connectivity index (χ4v) is 2.24. The lowest BCUT2D eigenvalue weighted by Crippen LogP contribution is -2.30. The summed E-state index contributed by atoms with van der Waals surface area (Å²) in [6.07, 6.45) is 2.27. The summed E-state index contributed by atoms with van der Waals surface area (Å²) in [6, 6.07) is 5.95. The number of aryl methyl sites for hydroxylation is 2. The average Bonchev–Trinajstić information content (AvgIpc) is 3.01. The summed E-state index contributed by atoms with van der Waals surface area (Å²) in [5.41, 5.74) is 2.85. The maximum Gasteiger partial charge on any atom is 0.359 e. The number of nitrogens with one attached hydrogen (secondary N) is 1. The second kappa shape index (κ2) is 7.29. The molecule has 0 saturated heterocycles. The number of hydrogen-bond donors (Lipinski definition) is 1. The van der Waals surface area contributed by atoms with Crippen LogP contribution in [0.25, 0.3) is 0 Å². The minimum absolute atomic E-state index is 0.190. The predicted octanol–water partition coefficient (Wildman–Crippen LogP) is 3.26. The third kappa shape index (κ3) is 4.01. The van der Waals surface area contributed by atoms with E-state index in [4.69, 9.17) is 4.74 Å². The molecule has 1 amide bonds. The lowest BCUT2D eigenvalue weighted by Gasteiger charge is -2.15. The second-order valence-corrected chi connectivity index (χ2v) is 6.10. The van der Waals surface area contributed by atoms with E-state index in [1.54, 1.807) is 24.0 Å². The molecular weight excluding hydrogens is 306 g/mol. The summed E-state index contributed by atoms with van der Waals surface area (Å²) in [4.78, 5) is 28.4. The van der Waals surface area contributed by atoms with Gasteiger partial charge in [0.1, 0.15) is 0 Å². The zero-order chi connectivity index (χ0) is 17.9.